The third-order valence-electron chi connectivity index (χ3n) is 2.82. The lowest BCUT2D eigenvalue weighted by Gasteiger charge is -2.24. The summed E-state index contributed by atoms with van der Waals surface area (Å²) in [5, 5.41) is 4.07. The molecule has 0 radical (unpaired) electrons. The molecule has 2 heterocycles. The summed E-state index contributed by atoms with van der Waals surface area (Å²) in [6.07, 6.45) is 0. The number of halogens is 1. The van der Waals surface area contributed by atoms with Gasteiger partial charge >= 0.3 is 0 Å². The van der Waals surface area contributed by atoms with Gasteiger partial charge in [0.1, 0.15) is 0 Å². The van der Waals surface area contributed by atoms with E-state index in [1.54, 1.807) is 22.7 Å². The SMILES string of the molecule is CC(CCl)C(=O)N(Cc1cccs1)Cc1cccs1. The van der Waals surface area contributed by atoms with Crippen molar-refractivity contribution < 1.29 is 4.79 Å². The molecule has 0 N–H and O–H groups in total. The summed E-state index contributed by atoms with van der Waals surface area (Å²) >= 11 is 9.17. The molecule has 0 aliphatic carbocycles. The van der Waals surface area contributed by atoms with Crippen LogP contribution in [-0.2, 0) is 17.9 Å². The highest BCUT2D eigenvalue weighted by Crippen LogP contribution is 2.19. The van der Waals surface area contributed by atoms with Crippen molar-refractivity contribution in [1.82, 2.24) is 4.90 Å². The molecule has 1 amide bonds. The largest absolute Gasteiger partial charge is 0.332 e. The van der Waals surface area contributed by atoms with Gasteiger partial charge in [0.05, 0.1) is 13.1 Å². The Morgan fingerprint density at radius 1 is 1.21 bits per heavy atom. The monoisotopic (exact) mass is 313 g/mol. The van der Waals surface area contributed by atoms with Crippen LogP contribution in [0.4, 0.5) is 0 Å². The third-order valence-corrected chi connectivity index (χ3v) is 5.00. The average Bonchev–Trinajstić information content (AvgIpc) is 3.09. The third kappa shape index (κ3) is 4.06. The zero-order valence-electron chi connectivity index (χ0n) is 10.7. The number of hydrogen-bond donors (Lipinski definition) is 0. The minimum absolute atomic E-state index is 0.122. The van der Waals surface area contributed by atoms with E-state index < -0.39 is 0 Å². The predicted molar refractivity (Wildman–Crippen MR) is 82.8 cm³/mol. The second-order valence-corrected chi connectivity index (χ2v) is 6.78. The van der Waals surface area contributed by atoms with E-state index in [0.717, 1.165) is 0 Å². The van der Waals surface area contributed by atoms with Gasteiger partial charge in [-0.25, -0.2) is 0 Å². The van der Waals surface area contributed by atoms with Crippen molar-refractivity contribution in [2.24, 2.45) is 5.92 Å². The molecular weight excluding hydrogens is 298 g/mol. The lowest BCUT2D eigenvalue weighted by Crippen LogP contribution is -2.34. The fourth-order valence-electron chi connectivity index (χ4n) is 1.77. The Bertz CT molecular complexity index is 459. The van der Waals surface area contributed by atoms with Crippen LogP contribution in [0.1, 0.15) is 16.7 Å². The minimum atomic E-state index is -0.137. The minimum Gasteiger partial charge on any atom is -0.332 e. The molecule has 5 heteroatoms. The first-order valence-corrected chi connectivity index (χ1v) is 8.39. The molecule has 1 atom stereocenters. The molecule has 0 saturated carbocycles. The lowest BCUT2D eigenvalue weighted by atomic mass is 10.2. The number of nitrogens with zero attached hydrogens (tertiary/aromatic N) is 1. The van der Waals surface area contributed by atoms with E-state index in [-0.39, 0.29) is 11.8 Å². The van der Waals surface area contributed by atoms with Crippen LogP contribution in [0.15, 0.2) is 35.0 Å². The van der Waals surface area contributed by atoms with E-state index in [2.05, 4.69) is 12.1 Å². The zero-order chi connectivity index (χ0) is 13.7. The predicted octanol–water partition coefficient (Wildman–Crippen LogP) is 4.21. The van der Waals surface area contributed by atoms with Crippen molar-refractivity contribution in [3.8, 4) is 0 Å². The van der Waals surface area contributed by atoms with Gasteiger partial charge in [0.15, 0.2) is 0 Å². The molecule has 2 aromatic rings. The molecule has 0 aliphatic heterocycles. The topological polar surface area (TPSA) is 20.3 Å². The van der Waals surface area contributed by atoms with E-state index in [1.165, 1.54) is 9.75 Å². The van der Waals surface area contributed by atoms with Crippen LogP contribution >= 0.6 is 34.3 Å². The molecule has 102 valence electrons. The molecule has 0 aliphatic rings. The normalized spacial score (nSPS) is 12.3. The fourth-order valence-corrected chi connectivity index (χ4v) is 3.34. The van der Waals surface area contributed by atoms with Gasteiger partial charge in [0.2, 0.25) is 5.91 Å². The molecule has 1 unspecified atom stereocenters. The van der Waals surface area contributed by atoms with E-state index >= 15 is 0 Å². The summed E-state index contributed by atoms with van der Waals surface area (Å²) in [4.78, 5) is 16.7. The summed E-state index contributed by atoms with van der Waals surface area (Å²) in [7, 11) is 0. The Labute approximate surface area is 126 Å². The second kappa shape index (κ2) is 7.08. The maximum Gasteiger partial charge on any atom is 0.227 e. The molecule has 0 fully saturated rings. The Morgan fingerprint density at radius 3 is 2.11 bits per heavy atom. The summed E-state index contributed by atoms with van der Waals surface area (Å²) < 4.78 is 0. The number of rotatable bonds is 6. The van der Waals surface area contributed by atoms with Gasteiger partial charge in [-0.05, 0) is 22.9 Å². The van der Waals surface area contributed by atoms with E-state index in [9.17, 15) is 4.79 Å². The zero-order valence-corrected chi connectivity index (χ0v) is 13.1. The molecule has 0 aromatic carbocycles. The van der Waals surface area contributed by atoms with Crippen LogP contribution < -0.4 is 0 Å². The molecule has 0 saturated heterocycles. The maximum atomic E-state index is 12.4. The standard InChI is InChI=1S/C14H16ClNOS2/c1-11(8-15)14(17)16(9-12-4-2-6-18-12)10-13-5-3-7-19-13/h2-7,11H,8-10H2,1H3. The number of carbonyl (C=O) groups is 1. The summed E-state index contributed by atoms with van der Waals surface area (Å²) in [5.74, 6) is 0.350. The van der Waals surface area contributed by atoms with Gasteiger partial charge in [0, 0.05) is 21.6 Å². The quantitative estimate of drug-likeness (QED) is 0.731. The van der Waals surface area contributed by atoms with Crippen molar-refractivity contribution in [3.05, 3.63) is 44.8 Å². The first-order chi connectivity index (χ1) is 9.20. The average molecular weight is 314 g/mol. The van der Waals surface area contributed by atoms with Crippen LogP contribution in [0.2, 0.25) is 0 Å². The Kier molecular flexibility index (Phi) is 5.43. The van der Waals surface area contributed by atoms with Crippen molar-refractivity contribution in [2.45, 2.75) is 20.0 Å². The van der Waals surface area contributed by atoms with Crippen molar-refractivity contribution in [3.63, 3.8) is 0 Å². The van der Waals surface area contributed by atoms with Gasteiger partial charge < -0.3 is 4.90 Å². The smallest absolute Gasteiger partial charge is 0.227 e. The number of hydrogen-bond acceptors (Lipinski definition) is 3. The van der Waals surface area contributed by atoms with Crippen molar-refractivity contribution >= 4 is 40.2 Å². The van der Waals surface area contributed by atoms with Crippen LogP contribution in [-0.4, -0.2) is 16.7 Å². The lowest BCUT2D eigenvalue weighted by molar-refractivity contribution is -0.135. The fraction of sp³-hybridized carbons (Fsp3) is 0.357. The molecule has 0 spiro atoms. The Balaban J connectivity index is 2.10. The Morgan fingerprint density at radius 2 is 1.74 bits per heavy atom. The number of amides is 1. The second-order valence-electron chi connectivity index (χ2n) is 4.41. The van der Waals surface area contributed by atoms with Crippen LogP contribution in [0.3, 0.4) is 0 Å². The first kappa shape index (κ1) is 14.6. The maximum absolute atomic E-state index is 12.4. The highest BCUT2D eigenvalue weighted by atomic mass is 35.5. The summed E-state index contributed by atoms with van der Waals surface area (Å²) in [5.41, 5.74) is 0. The molecule has 0 bridgehead atoms. The van der Waals surface area contributed by atoms with Gasteiger partial charge in [-0.1, -0.05) is 19.1 Å². The molecule has 19 heavy (non-hydrogen) atoms. The van der Waals surface area contributed by atoms with Gasteiger partial charge in [-0.3, -0.25) is 4.79 Å². The molecular formula is C14H16ClNOS2. The van der Waals surface area contributed by atoms with Crippen molar-refractivity contribution in [1.29, 1.82) is 0 Å². The summed E-state index contributed by atoms with van der Waals surface area (Å²) in [6.45, 7) is 3.20. The van der Waals surface area contributed by atoms with E-state index in [0.29, 0.717) is 19.0 Å². The highest BCUT2D eigenvalue weighted by Gasteiger charge is 2.20. The van der Waals surface area contributed by atoms with E-state index in [1.807, 2.05) is 34.7 Å². The van der Waals surface area contributed by atoms with Crippen LogP contribution in [0, 0.1) is 5.92 Å². The van der Waals surface area contributed by atoms with Gasteiger partial charge in [-0.2, -0.15) is 0 Å². The van der Waals surface area contributed by atoms with Crippen molar-refractivity contribution in [2.75, 3.05) is 5.88 Å². The Hall–Kier alpha value is -0.840. The summed E-state index contributed by atoms with van der Waals surface area (Å²) in [6, 6.07) is 8.15. The molecule has 2 nitrogen and oxygen atoms in total. The van der Waals surface area contributed by atoms with E-state index in [4.69, 9.17) is 11.6 Å². The molecule has 2 rings (SSSR count). The molecule has 2 aromatic heterocycles. The van der Waals surface area contributed by atoms with Gasteiger partial charge in [-0.15, -0.1) is 34.3 Å². The van der Waals surface area contributed by atoms with Crippen LogP contribution in [0.25, 0.3) is 0 Å². The van der Waals surface area contributed by atoms with Gasteiger partial charge in [0.25, 0.3) is 0 Å². The van der Waals surface area contributed by atoms with Crippen LogP contribution in [0.5, 0.6) is 0 Å². The number of carbonyl (C=O) groups excluding carboxylic acids is 1. The number of thiophene rings is 2. The highest BCUT2D eigenvalue weighted by molar-refractivity contribution is 7.10. The first-order valence-electron chi connectivity index (χ1n) is 6.10. The number of alkyl halides is 1.